The number of fused-ring (bicyclic) bond motifs is 1. The Morgan fingerprint density at radius 2 is 2.21 bits per heavy atom. The maximum Gasteiger partial charge on any atom is 0.336 e. The summed E-state index contributed by atoms with van der Waals surface area (Å²) in [5.74, 6) is -0.957. The number of rotatable bonds is 1. The number of hydrogen-bond acceptors (Lipinski definition) is 3. The van der Waals surface area contributed by atoms with Crippen molar-refractivity contribution >= 4 is 49.0 Å². The van der Waals surface area contributed by atoms with E-state index in [1.54, 1.807) is 11.4 Å². The van der Waals surface area contributed by atoms with E-state index in [0.717, 1.165) is 9.17 Å². The zero-order chi connectivity index (χ0) is 10.3. The van der Waals surface area contributed by atoms with Crippen LogP contribution in [0.3, 0.4) is 0 Å². The van der Waals surface area contributed by atoms with Crippen LogP contribution in [0.25, 0.3) is 10.1 Å². The summed E-state index contributed by atoms with van der Waals surface area (Å²) < 4.78 is 1.64. The first-order valence-electron chi connectivity index (χ1n) is 3.79. The van der Waals surface area contributed by atoms with Crippen LogP contribution in [-0.4, -0.2) is 11.1 Å². The number of carbonyl (C=O) groups is 1. The number of benzene rings is 1. The second-order valence-corrected chi connectivity index (χ2v) is 4.65. The number of nitrogens with two attached hydrogens (primary N) is 1. The molecule has 0 aliphatic carbocycles. The van der Waals surface area contributed by atoms with Crippen LogP contribution < -0.4 is 5.73 Å². The van der Waals surface area contributed by atoms with Crippen molar-refractivity contribution in [2.75, 3.05) is 5.73 Å². The molecule has 0 aliphatic heterocycles. The highest BCUT2D eigenvalue weighted by atomic mass is 79.9. The third-order valence-electron chi connectivity index (χ3n) is 1.90. The molecule has 5 heteroatoms. The molecule has 0 radical (unpaired) electrons. The lowest BCUT2D eigenvalue weighted by Crippen LogP contribution is -1.98. The van der Waals surface area contributed by atoms with Gasteiger partial charge in [-0.25, -0.2) is 4.79 Å². The van der Waals surface area contributed by atoms with E-state index in [-0.39, 0.29) is 5.56 Å². The van der Waals surface area contributed by atoms with E-state index in [4.69, 9.17) is 10.8 Å². The Bertz CT molecular complexity index is 521. The SMILES string of the molecule is Nc1csc2cc(Br)cc(C(=O)O)c12. The second-order valence-electron chi connectivity index (χ2n) is 2.82. The fourth-order valence-electron chi connectivity index (χ4n) is 1.33. The van der Waals surface area contributed by atoms with Crippen LogP contribution in [0.2, 0.25) is 0 Å². The molecule has 0 unspecified atom stereocenters. The molecule has 0 saturated carbocycles. The number of anilines is 1. The molecule has 72 valence electrons. The molecule has 0 fully saturated rings. The van der Waals surface area contributed by atoms with Gasteiger partial charge in [0.15, 0.2) is 0 Å². The van der Waals surface area contributed by atoms with Crippen LogP contribution in [0.15, 0.2) is 22.0 Å². The lowest BCUT2D eigenvalue weighted by atomic mass is 10.1. The van der Waals surface area contributed by atoms with E-state index >= 15 is 0 Å². The third-order valence-corrected chi connectivity index (χ3v) is 3.30. The molecular weight excluding hydrogens is 266 g/mol. The Morgan fingerprint density at radius 3 is 2.86 bits per heavy atom. The van der Waals surface area contributed by atoms with E-state index < -0.39 is 5.97 Å². The highest BCUT2D eigenvalue weighted by Gasteiger charge is 2.13. The van der Waals surface area contributed by atoms with Crippen molar-refractivity contribution in [3.8, 4) is 0 Å². The highest BCUT2D eigenvalue weighted by Crippen LogP contribution is 2.33. The van der Waals surface area contributed by atoms with Gasteiger partial charge in [-0.1, -0.05) is 15.9 Å². The van der Waals surface area contributed by atoms with Crippen LogP contribution in [0, 0.1) is 0 Å². The average Bonchev–Trinajstić information content (AvgIpc) is 2.46. The summed E-state index contributed by atoms with van der Waals surface area (Å²) in [6.45, 7) is 0. The summed E-state index contributed by atoms with van der Waals surface area (Å²) in [6, 6.07) is 3.43. The molecule has 14 heavy (non-hydrogen) atoms. The summed E-state index contributed by atoms with van der Waals surface area (Å²) >= 11 is 4.70. The minimum atomic E-state index is -0.957. The Balaban J connectivity index is 2.90. The van der Waals surface area contributed by atoms with E-state index in [2.05, 4.69) is 15.9 Å². The summed E-state index contributed by atoms with van der Waals surface area (Å²) in [7, 11) is 0. The molecule has 0 amide bonds. The average molecular weight is 272 g/mol. The van der Waals surface area contributed by atoms with Crippen LogP contribution in [0.1, 0.15) is 10.4 Å². The molecule has 0 saturated heterocycles. The van der Waals surface area contributed by atoms with Gasteiger partial charge in [0.2, 0.25) is 0 Å². The van der Waals surface area contributed by atoms with Gasteiger partial charge in [0.25, 0.3) is 0 Å². The van der Waals surface area contributed by atoms with Gasteiger partial charge in [-0.3, -0.25) is 0 Å². The molecule has 2 aromatic rings. The topological polar surface area (TPSA) is 63.3 Å². The standard InChI is InChI=1S/C9H6BrNO2S/c10-4-1-5(9(12)13)8-6(11)3-14-7(8)2-4/h1-3H,11H2,(H,12,13). The molecule has 2 rings (SSSR count). The minimum absolute atomic E-state index is 0.244. The first-order valence-corrected chi connectivity index (χ1v) is 5.46. The van der Waals surface area contributed by atoms with Gasteiger partial charge >= 0.3 is 5.97 Å². The van der Waals surface area contributed by atoms with Crippen molar-refractivity contribution < 1.29 is 9.90 Å². The van der Waals surface area contributed by atoms with Gasteiger partial charge in [0.1, 0.15) is 0 Å². The fraction of sp³-hybridized carbons (Fsp3) is 0. The predicted octanol–water partition coefficient (Wildman–Crippen LogP) is 2.94. The molecule has 0 spiro atoms. The summed E-state index contributed by atoms with van der Waals surface area (Å²) in [5.41, 5.74) is 6.46. The van der Waals surface area contributed by atoms with Crippen molar-refractivity contribution in [3.63, 3.8) is 0 Å². The quantitative estimate of drug-likeness (QED) is 0.838. The Morgan fingerprint density at radius 1 is 1.50 bits per heavy atom. The molecular formula is C9H6BrNO2S. The van der Waals surface area contributed by atoms with Crippen molar-refractivity contribution in [1.82, 2.24) is 0 Å². The Labute approximate surface area is 92.3 Å². The van der Waals surface area contributed by atoms with E-state index in [0.29, 0.717) is 11.1 Å². The minimum Gasteiger partial charge on any atom is -0.478 e. The van der Waals surface area contributed by atoms with Crippen molar-refractivity contribution in [2.24, 2.45) is 0 Å². The first kappa shape index (κ1) is 9.48. The van der Waals surface area contributed by atoms with Gasteiger partial charge in [-0.05, 0) is 12.1 Å². The van der Waals surface area contributed by atoms with E-state index in [9.17, 15) is 4.79 Å². The predicted molar refractivity (Wildman–Crippen MR) is 60.9 cm³/mol. The maximum atomic E-state index is 10.9. The van der Waals surface area contributed by atoms with Crippen LogP contribution in [0.4, 0.5) is 5.69 Å². The van der Waals surface area contributed by atoms with Gasteiger partial charge in [0, 0.05) is 19.9 Å². The van der Waals surface area contributed by atoms with Gasteiger partial charge in [-0.2, -0.15) is 0 Å². The molecule has 3 nitrogen and oxygen atoms in total. The summed E-state index contributed by atoms with van der Waals surface area (Å²) in [6.07, 6.45) is 0. The monoisotopic (exact) mass is 271 g/mol. The zero-order valence-electron chi connectivity index (χ0n) is 6.95. The number of halogens is 1. The van der Waals surface area contributed by atoms with Gasteiger partial charge in [-0.15, -0.1) is 11.3 Å². The molecule has 1 heterocycles. The lowest BCUT2D eigenvalue weighted by molar-refractivity contribution is 0.0699. The lowest BCUT2D eigenvalue weighted by Gasteiger charge is -2.00. The molecule has 1 aromatic carbocycles. The van der Waals surface area contributed by atoms with Gasteiger partial charge < -0.3 is 10.8 Å². The fourth-order valence-corrected chi connectivity index (χ4v) is 2.85. The van der Waals surface area contributed by atoms with Crippen molar-refractivity contribution in [2.45, 2.75) is 0 Å². The van der Waals surface area contributed by atoms with Crippen LogP contribution >= 0.6 is 27.3 Å². The largest absolute Gasteiger partial charge is 0.478 e. The maximum absolute atomic E-state index is 10.9. The molecule has 1 aromatic heterocycles. The number of hydrogen-bond donors (Lipinski definition) is 2. The Hall–Kier alpha value is -1.07. The van der Waals surface area contributed by atoms with Crippen LogP contribution in [-0.2, 0) is 0 Å². The number of carboxylic acids is 1. The molecule has 0 bridgehead atoms. The zero-order valence-corrected chi connectivity index (χ0v) is 9.35. The molecule has 0 atom stereocenters. The number of nitrogen functional groups attached to an aromatic ring is 1. The third kappa shape index (κ3) is 1.38. The van der Waals surface area contributed by atoms with Gasteiger partial charge in [0.05, 0.1) is 11.3 Å². The number of thiophene rings is 1. The number of aromatic carboxylic acids is 1. The summed E-state index contributed by atoms with van der Waals surface area (Å²) in [5, 5.41) is 11.4. The molecule has 3 N–H and O–H groups in total. The van der Waals surface area contributed by atoms with E-state index in [1.165, 1.54) is 11.3 Å². The molecule has 0 aliphatic rings. The first-order chi connectivity index (χ1) is 6.59. The summed E-state index contributed by atoms with van der Waals surface area (Å²) in [4.78, 5) is 10.9. The van der Waals surface area contributed by atoms with Crippen LogP contribution in [0.5, 0.6) is 0 Å². The Kier molecular flexibility index (Phi) is 2.20. The smallest absolute Gasteiger partial charge is 0.336 e. The highest BCUT2D eigenvalue weighted by molar-refractivity contribution is 9.10. The van der Waals surface area contributed by atoms with E-state index in [1.807, 2.05) is 6.07 Å². The normalized spacial score (nSPS) is 10.6. The second kappa shape index (κ2) is 3.25. The van der Waals surface area contributed by atoms with Crippen molar-refractivity contribution in [3.05, 3.63) is 27.5 Å². The van der Waals surface area contributed by atoms with Crippen molar-refractivity contribution in [1.29, 1.82) is 0 Å². The number of carboxylic acid groups (broad SMARTS) is 1.